The second-order valence-corrected chi connectivity index (χ2v) is 6.04. The number of nitrogens with two attached hydrogens (primary N) is 1. The van der Waals surface area contributed by atoms with Gasteiger partial charge in [-0.25, -0.2) is 0 Å². The van der Waals surface area contributed by atoms with Crippen molar-refractivity contribution >= 4 is 34.2 Å². The lowest BCUT2D eigenvalue weighted by molar-refractivity contribution is -0.119. The number of hydrogen-bond acceptors (Lipinski definition) is 2. The predicted molar refractivity (Wildman–Crippen MR) is 77.7 cm³/mol. The van der Waals surface area contributed by atoms with E-state index in [-0.39, 0.29) is 11.3 Å². The molecule has 0 bridgehead atoms. The van der Waals surface area contributed by atoms with E-state index in [9.17, 15) is 4.79 Å². The van der Waals surface area contributed by atoms with Crippen LogP contribution < -0.4 is 11.1 Å². The van der Waals surface area contributed by atoms with E-state index < -0.39 is 0 Å². The molecular weight excluding hydrogens is 327 g/mol. The van der Waals surface area contributed by atoms with Gasteiger partial charge in [0.25, 0.3) is 0 Å². The first-order valence-electron chi connectivity index (χ1n) is 5.89. The second-order valence-electron chi connectivity index (χ2n) is 4.79. The molecule has 3 N–H and O–H groups in total. The molecule has 0 aliphatic heterocycles. The first-order valence-corrected chi connectivity index (χ1v) is 6.97. The molecule has 1 saturated carbocycles. The zero-order chi connectivity index (χ0) is 12.3. The van der Waals surface area contributed by atoms with Gasteiger partial charge in [0.2, 0.25) is 5.91 Å². The summed E-state index contributed by atoms with van der Waals surface area (Å²) in [6.07, 6.45) is 3.93. The highest BCUT2D eigenvalue weighted by Gasteiger charge is 2.37. The summed E-state index contributed by atoms with van der Waals surface area (Å²) in [6.45, 7) is 0.618. The van der Waals surface area contributed by atoms with Crippen LogP contribution in [0.2, 0.25) is 0 Å². The van der Waals surface area contributed by atoms with Gasteiger partial charge in [0.15, 0.2) is 0 Å². The van der Waals surface area contributed by atoms with Crippen molar-refractivity contribution in [2.45, 2.75) is 25.7 Å². The molecule has 1 fully saturated rings. The van der Waals surface area contributed by atoms with E-state index in [2.05, 4.69) is 27.9 Å². The Hall–Kier alpha value is -0.620. The van der Waals surface area contributed by atoms with Gasteiger partial charge in [-0.2, -0.15) is 0 Å². The van der Waals surface area contributed by atoms with E-state index in [1.807, 2.05) is 24.3 Å². The molecule has 0 atom stereocenters. The Morgan fingerprint density at radius 2 is 2.24 bits per heavy atom. The quantitative estimate of drug-likeness (QED) is 0.826. The van der Waals surface area contributed by atoms with Gasteiger partial charge in [-0.3, -0.25) is 4.79 Å². The van der Waals surface area contributed by atoms with Crippen LogP contribution in [0.25, 0.3) is 0 Å². The maximum atomic E-state index is 11.9. The summed E-state index contributed by atoms with van der Waals surface area (Å²) in [4.78, 5) is 11.9. The molecule has 17 heavy (non-hydrogen) atoms. The van der Waals surface area contributed by atoms with Gasteiger partial charge in [0.05, 0.1) is 0 Å². The average molecular weight is 344 g/mol. The summed E-state index contributed by atoms with van der Waals surface area (Å²) in [7, 11) is 0. The van der Waals surface area contributed by atoms with E-state index in [1.165, 1.54) is 6.42 Å². The van der Waals surface area contributed by atoms with Crippen LogP contribution in [-0.4, -0.2) is 12.5 Å². The number of anilines is 1. The summed E-state index contributed by atoms with van der Waals surface area (Å²) >= 11 is 2.24. The zero-order valence-electron chi connectivity index (χ0n) is 9.71. The lowest BCUT2D eigenvalue weighted by atomic mass is 9.66. The fourth-order valence-corrected chi connectivity index (χ4v) is 2.78. The molecule has 0 radical (unpaired) electrons. The van der Waals surface area contributed by atoms with E-state index in [1.54, 1.807) is 0 Å². The van der Waals surface area contributed by atoms with Crippen LogP contribution in [0.1, 0.15) is 25.7 Å². The van der Waals surface area contributed by atoms with Gasteiger partial charge in [-0.1, -0.05) is 12.5 Å². The fourth-order valence-electron chi connectivity index (χ4n) is 2.24. The Bertz CT molecular complexity index is 410. The highest BCUT2D eigenvalue weighted by atomic mass is 127. The predicted octanol–water partition coefficient (Wildman–Crippen LogP) is 2.75. The van der Waals surface area contributed by atoms with Crippen molar-refractivity contribution in [2.24, 2.45) is 11.1 Å². The maximum Gasteiger partial charge on any atom is 0.224 e. The third-order valence-electron chi connectivity index (χ3n) is 3.49. The standard InChI is InChI=1S/C13H17IN2O/c14-10-3-1-4-11(7-10)16-12(17)8-13(9-15)5-2-6-13/h1,3-4,7H,2,5-6,8-9,15H2,(H,16,17). The van der Waals surface area contributed by atoms with Crippen molar-refractivity contribution in [1.29, 1.82) is 0 Å². The van der Waals surface area contributed by atoms with Gasteiger partial charge >= 0.3 is 0 Å². The number of amides is 1. The first-order chi connectivity index (χ1) is 8.13. The van der Waals surface area contributed by atoms with Crippen molar-refractivity contribution in [3.63, 3.8) is 0 Å². The average Bonchev–Trinajstić information content (AvgIpc) is 2.23. The molecule has 1 aromatic rings. The van der Waals surface area contributed by atoms with Crippen LogP contribution in [0, 0.1) is 8.99 Å². The minimum Gasteiger partial charge on any atom is -0.330 e. The topological polar surface area (TPSA) is 55.1 Å². The molecule has 2 rings (SSSR count). The van der Waals surface area contributed by atoms with Gasteiger partial charge in [-0.05, 0) is 65.6 Å². The van der Waals surface area contributed by atoms with E-state index >= 15 is 0 Å². The molecule has 0 aromatic heterocycles. The molecule has 4 heteroatoms. The number of halogens is 1. The van der Waals surface area contributed by atoms with Gasteiger partial charge in [-0.15, -0.1) is 0 Å². The number of carbonyl (C=O) groups is 1. The van der Waals surface area contributed by atoms with Gasteiger partial charge in [0.1, 0.15) is 0 Å². The molecule has 1 aromatic carbocycles. The van der Waals surface area contributed by atoms with Crippen molar-refractivity contribution in [2.75, 3.05) is 11.9 Å². The van der Waals surface area contributed by atoms with Gasteiger partial charge in [0, 0.05) is 15.7 Å². The van der Waals surface area contributed by atoms with Crippen LogP contribution in [0.15, 0.2) is 24.3 Å². The second kappa shape index (κ2) is 5.35. The largest absolute Gasteiger partial charge is 0.330 e. The van der Waals surface area contributed by atoms with Crippen molar-refractivity contribution in [1.82, 2.24) is 0 Å². The third-order valence-corrected chi connectivity index (χ3v) is 4.16. The van der Waals surface area contributed by atoms with Gasteiger partial charge < -0.3 is 11.1 Å². The van der Waals surface area contributed by atoms with E-state index in [4.69, 9.17) is 5.73 Å². The van der Waals surface area contributed by atoms with Crippen molar-refractivity contribution in [3.05, 3.63) is 27.8 Å². The number of benzene rings is 1. The van der Waals surface area contributed by atoms with Crippen molar-refractivity contribution in [3.8, 4) is 0 Å². The Morgan fingerprint density at radius 1 is 1.47 bits per heavy atom. The molecule has 3 nitrogen and oxygen atoms in total. The minimum absolute atomic E-state index is 0.0754. The van der Waals surface area contributed by atoms with E-state index in [0.717, 1.165) is 22.1 Å². The summed E-state index contributed by atoms with van der Waals surface area (Å²) in [6, 6.07) is 7.83. The van der Waals surface area contributed by atoms with Crippen LogP contribution in [0.5, 0.6) is 0 Å². The lowest BCUT2D eigenvalue weighted by Gasteiger charge is -2.40. The molecule has 0 unspecified atom stereocenters. The zero-order valence-corrected chi connectivity index (χ0v) is 11.9. The third kappa shape index (κ3) is 3.19. The highest BCUT2D eigenvalue weighted by molar-refractivity contribution is 14.1. The summed E-state index contributed by atoms with van der Waals surface area (Å²) in [5, 5.41) is 2.94. The summed E-state index contributed by atoms with van der Waals surface area (Å²) in [5.41, 5.74) is 6.70. The first kappa shape index (κ1) is 12.8. The molecule has 0 saturated heterocycles. The number of rotatable bonds is 4. The van der Waals surface area contributed by atoms with E-state index in [0.29, 0.717) is 13.0 Å². The molecule has 1 amide bonds. The monoisotopic (exact) mass is 344 g/mol. The Kier molecular flexibility index (Phi) is 4.04. The van der Waals surface area contributed by atoms with Crippen LogP contribution in [0.3, 0.4) is 0 Å². The number of hydrogen-bond donors (Lipinski definition) is 2. The summed E-state index contributed by atoms with van der Waals surface area (Å²) < 4.78 is 1.12. The minimum atomic E-state index is 0.0754. The smallest absolute Gasteiger partial charge is 0.224 e. The molecule has 0 spiro atoms. The normalized spacial score (nSPS) is 17.3. The SMILES string of the molecule is NCC1(CC(=O)Nc2cccc(I)c2)CCC1. The Balaban J connectivity index is 1.93. The Morgan fingerprint density at radius 3 is 2.76 bits per heavy atom. The van der Waals surface area contributed by atoms with Crippen LogP contribution >= 0.6 is 22.6 Å². The van der Waals surface area contributed by atoms with Crippen molar-refractivity contribution < 1.29 is 4.79 Å². The molecule has 92 valence electrons. The molecule has 0 heterocycles. The van der Waals surface area contributed by atoms with Crippen LogP contribution in [0.4, 0.5) is 5.69 Å². The Labute approximate surface area is 115 Å². The molecular formula is C13H17IN2O. The number of nitrogens with one attached hydrogen (secondary N) is 1. The maximum absolute atomic E-state index is 11.9. The number of carbonyl (C=O) groups excluding carboxylic acids is 1. The molecule has 1 aliphatic carbocycles. The van der Waals surface area contributed by atoms with Crippen LogP contribution in [-0.2, 0) is 4.79 Å². The molecule has 1 aliphatic rings. The summed E-state index contributed by atoms with van der Waals surface area (Å²) in [5.74, 6) is 0.0807. The fraction of sp³-hybridized carbons (Fsp3) is 0.462. The lowest BCUT2D eigenvalue weighted by Crippen LogP contribution is -2.40. The highest BCUT2D eigenvalue weighted by Crippen LogP contribution is 2.43.